The molecule has 0 spiro atoms. The molecule has 5 rings (SSSR count). The van der Waals surface area contributed by atoms with Crippen LogP contribution in [0.1, 0.15) is 40.2 Å². The molecular formula is C27H26N4S. The maximum Gasteiger partial charge on any atom is 0.174 e. The lowest BCUT2D eigenvalue weighted by Gasteiger charge is -2.29. The van der Waals surface area contributed by atoms with Gasteiger partial charge in [-0.2, -0.15) is 0 Å². The molecule has 1 aliphatic rings. The van der Waals surface area contributed by atoms with Gasteiger partial charge in [0.2, 0.25) is 0 Å². The van der Waals surface area contributed by atoms with Crippen LogP contribution in [-0.4, -0.2) is 14.7 Å². The van der Waals surface area contributed by atoms with Crippen LogP contribution < -0.4 is 10.2 Å². The van der Waals surface area contributed by atoms with Gasteiger partial charge in [0.1, 0.15) is 6.04 Å². The van der Waals surface area contributed by atoms with E-state index in [9.17, 15) is 0 Å². The minimum atomic E-state index is -0.0667. The van der Waals surface area contributed by atoms with Crippen LogP contribution >= 0.6 is 12.2 Å². The van der Waals surface area contributed by atoms with Crippen LogP contribution in [0.3, 0.4) is 0 Å². The molecule has 2 aromatic carbocycles. The number of thiocarbonyl (C=S) groups is 1. The fourth-order valence-corrected chi connectivity index (χ4v) is 5.02. The standard InChI is InChI=1S/C27H26N4S/c1-18-8-6-9-21(15-18)30-13-7-11-24(30)26-25(23-10-4-5-12-28-23)29-27(32)31(26)22-16-19(2)14-20(3)17-22/h4-17,25-26H,1-3H3,(H,29,32)/t25-,26+/m1/s1. The highest BCUT2D eigenvalue weighted by atomic mass is 32.1. The zero-order chi connectivity index (χ0) is 22.2. The summed E-state index contributed by atoms with van der Waals surface area (Å²) < 4.78 is 2.26. The number of aryl methyl sites for hydroxylation is 3. The quantitative estimate of drug-likeness (QED) is 0.398. The predicted octanol–water partition coefficient (Wildman–Crippen LogP) is 5.97. The molecule has 0 aliphatic carbocycles. The van der Waals surface area contributed by atoms with Gasteiger partial charge in [-0.05, 0) is 98.2 Å². The highest BCUT2D eigenvalue weighted by molar-refractivity contribution is 7.80. The van der Waals surface area contributed by atoms with Gasteiger partial charge in [-0.3, -0.25) is 4.98 Å². The van der Waals surface area contributed by atoms with Crippen molar-refractivity contribution in [1.82, 2.24) is 14.9 Å². The van der Waals surface area contributed by atoms with E-state index in [1.165, 1.54) is 16.7 Å². The molecule has 0 saturated carbocycles. The van der Waals surface area contributed by atoms with Crippen molar-refractivity contribution in [3.05, 3.63) is 113 Å². The van der Waals surface area contributed by atoms with Crippen molar-refractivity contribution in [1.29, 1.82) is 0 Å². The average Bonchev–Trinajstić information content (AvgIpc) is 3.38. The molecule has 1 aliphatic heterocycles. The van der Waals surface area contributed by atoms with E-state index >= 15 is 0 Å². The maximum atomic E-state index is 5.90. The van der Waals surface area contributed by atoms with E-state index in [-0.39, 0.29) is 12.1 Å². The zero-order valence-electron chi connectivity index (χ0n) is 18.5. The minimum Gasteiger partial charge on any atom is -0.351 e. The normalized spacial score (nSPS) is 18.1. The summed E-state index contributed by atoms with van der Waals surface area (Å²) in [5.41, 5.74) is 8.05. The van der Waals surface area contributed by atoms with Gasteiger partial charge in [0.15, 0.2) is 5.11 Å². The van der Waals surface area contributed by atoms with Crippen LogP contribution in [0.4, 0.5) is 5.69 Å². The van der Waals surface area contributed by atoms with Gasteiger partial charge in [0, 0.05) is 29.5 Å². The monoisotopic (exact) mass is 438 g/mol. The summed E-state index contributed by atoms with van der Waals surface area (Å²) in [5.74, 6) is 0. The van der Waals surface area contributed by atoms with Gasteiger partial charge in [0.05, 0.1) is 11.7 Å². The first kappa shape index (κ1) is 20.5. The van der Waals surface area contributed by atoms with Crippen molar-refractivity contribution in [2.24, 2.45) is 0 Å². The number of pyridine rings is 1. The second-order valence-corrected chi connectivity index (χ2v) is 8.87. The Bertz CT molecular complexity index is 1260. The highest BCUT2D eigenvalue weighted by Gasteiger charge is 2.42. The summed E-state index contributed by atoms with van der Waals surface area (Å²) in [4.78, 5) is 6.92. The molecule has 5 heteroatoms. The van der Waals surface area contributed by atoms with E-state index in [4.69, 9.17) is 12.2 Å². The van der Waals surface area contributed by atoms with Gasteiger partial charge in [-0.15, -0.1) is 0 Å². The van der Waals surface area contributed by atoms with Gasteiger partial charge in [-0.25, -0.2) is 0 Å². The first-order chi connectivity index (χ1) is 15.5. The summed E-state index contributed by atoms with van der Waals surface area (Å²) >= 11 is 5.90. The number of rotatable bonds is 4. The molecule has 4 nitrogen and oxygen atoms in total. The molecule has 160 valence electrons. The van der Waals surface area contributed by atoms with E-state index in [1.807, 2.05) is 18.3 Å². The SMILES string of the molecule is Cc1cc(C)cc(N2C(=S)N[C@H](c3ccccn3)[C@@H]2c2cccn2-c2cccc(C)c2)c1. The molecule has 1 saturated heterocycles. The lowest BCUT2D eigenvalue weighted by molar-refractivity contribution is 0.549. The molecule has 2 atom stereocenters. The molecule has 4 aromatic rings. The maximum absolute atomic E-state index is 5.90. The first-order valence-corrected chi connectivity index (χ1v) is 11.3. The van der Waals surface area contributed by atoms with Crippen LogP contribution in [-0.2, 0) is 0 Å². The summed E-state index contributed by atoms with van der Waals surface area (Å²) in [6.07, 6.45) is 3.97. The Kier molecular flexibility index (Phi) is 5.27. The molecule has 0 radical (unpaired) electrons. The largest absolute Gasteiger partial charge is 0.351 e. The highest BCUT2D eigenvalue weighted by Crippen LogP contribution is 2.42. The number of anilines is 1. The molecule has 3 heterocycles. The summed E-state index contributed by atoms with van der Waals surface area (Å²) in [5, 5.41) is 4.28. The summed E-state index contributed by atoms with van der Waals surface area (Å²) in [7, 11) is 0. The third kappa shape index (κ3) is 3.69. The van der Waals surface area contributed by atoms with E-state index in [1.54, 1.807) is 0 Å². The van der Waals surface area contributed by atoms with E-state index in [0.29, 0.717) is 5.11 Å². The number of nitrogens with zero attached hydrogens (tertiary/aromatic N) is 3. The number of hydrogen-bond donors (Lipinski definition) is 1. The average molecular weight is 439 g/mol. The van der Waals surface area contributed by atoms with Crippen LogP contribution in [0, 0.1) is 20.8 Å². The van der Waals surface area contributed by atoms with Gasteiger partial charge in [0.25, 0.3) is 0 Å². The van der Waals surface area contributed by atoms with Crippen molar-refractivity contribution >= 4 is 23.0 Å². The van der Waals surface area contributed by atoms with E-state index in [2.05, 4.69) is 107 Å². The third-order valence-corrected chi connectivity index (χ3v) is 6.26. The fraction of sp³-hybridized carbons (Fsp3) is 0.185. The summed E-state index contributed by atoms with van der Waals surface area (Å²) in [6.45, 7) is 6.38. The Balaban J connectivity index is 1.69. The number of nitrogens with one attached hydrogen (secondary N) is 1. The van der Waals surface area contributed by atoms with Gasteiger partial charge >= 0.3 is 0 Å². The van der Waals surface area contributed by atoms with Gasteiger partial charge in [-0.1, -0.05) is 24.3 Å². The molecule has 0 unspecified atom stereocenters. The lowest BCUT2D eigenvalue weighted by atomic mass is 10.00. The minimum absolute atomic E-state index is 0.0471. The predicted molar refractivity (Wildman–Crippen MR) is 134 cm³/mol. The number of hydrogen-bond acceptors (Lipinski definition) is 2. The van der Waals surface area contributed by atoms with E-state index in [0.717, 1.165) is 22.8 Å². The van der Waals surface area contributed by atoms with Crippen molar-refractivity contribution in [3.63, 3.8) is 0 Å². The molecule has 32 heavy (non-hydrogen) atoms. The van der Waals surface area contributed by atoms with E-state index < -0.39 is 0 Å². The Morgan fingerprint density at radius 3 is 2.31 bits per heavy atom. The fourth-order valence-electron chi connectivity index (χ4n) is 4.67. The summed E-state index contributed by atoms with van der Waals surface area (Å²) in [6, 6.07) is 25.4. The number of aromatic nitrogens is 2. The van der Waals surface area contributed by atoms with Crippen LogP contribution in [0.5, 0.6) is 0 Å². The third-order valence-electron chi connectivity index (χ3n) is 5.95. The molecule has 0 bridgehead atoms. The van der Waals surface area contributed by atoms with Gasteiger partial charge < -0.3 is 14.8 Å². The van der Waals surface area contributed by atoms with Crippen LogP contribution in [0.2, 0.25) is 0 Å². The van der Waals surface area contributed by atoms with Crippen molar-refractivity contribution in [3.8, 4) is 5.69 Å². The Labute approximate surface area is 194 Å². The van der Waals surface area contributed by atoms with Crippen LogP contribution in [0.15, 0.2) is 85.2 Å². The molecule has 0 amide bonds. The molecule has 2 aromatic heterocycles. The van der Waals surface area contributed by atoms with Crippen molar-refractivity contribution < 1.29 is 0 Å². The Morgan fingerprint density at radius 2 is 1.59 bits per heavy atom. The topological polar surface area (TPSA) is 33.1 Å². The van der Waals surface area contributed by atoms with Crippen molar-refractivity contribution in [2.45, 2.75) is 32.9 Å². The Morgan fingerprint density at radius 1 is 0.812 bits per heavy atom. The zero-order valence-corrected chi connectivity index (χ0v) is 19.3. The Hall–Kier alpha value is -3.44. The smallest absolute Gasteiger partial charge is 0.174 e. The second-order valence-electron chi connectivity index (χ2n) is 8.48. The molecular weight excluding hydrogens is 412 g/mol. The van der Waals surface area contributed by atoms with Crippen LogP contribution in [0.25, 0.3) is 5.69 Å². The van der Waals surface area contributed by atoms with Crippen molar-refractivity contribution in [2.75, 3.05) is 4.90 Å². The number of benzene rings is 2. The lowest BCUT2D eigenvalue weighted by Crippen LogP contribution is -2.30. The second kappa shape index (κ2) is 8.24. The first-order valence-electron chi connectivity index (χ1n) is 10.8. The molecule has 1 N–H and O–H groups in total. The molecule has 1 fully saturated rings.